The molecular formula is C14H19FN4O2. The van der Waals surface area contributed by atoms with E-state index in [0.29, 0.717) is 24.5 Å². The molecule has 0 spiro atoms. The highest BCUT2D eigenvalue weighted by Gasteiger charge is 2.30. The Labute approximate surface area is 122 Å². The van der Waals surface area contributed by atoms with E-state index in [2.05, 4.69) is 10.6 Å². The van der Waals surface area contributed by atoms with Crippen LogP contribution in [0.3, 0.4) is 0 Å². The monoisotopic (exact) mass is 294 g/mol. The molecule has 0 aromatic heterocycles. The molecule has 1 heterocycles. The summed E-state index contributed by atoms with van der Waals surface area (Å²) in [7, 11) is 3.51. The molecule has 3 amide bonds. The van der Waals surface area contributed by atoms with Crippen LogP contribution in [0.15, 0.2) is 18.2 Å². The number of carbonyl (C=O) groups is 2. The molecule has 7 heteroatoms. The van der Waals surface area contributed by atoms with Crippen molar-refractivity contribution in [3.05, 3.63) is 24.0 Å². The maximum absolute atomic E-state index is 14.0. The molecule has 0 radical (unpaired) electrons. The number of nitrogens with one attached hydrogen (secondary N) is 2. The molecule has 1 aliphatic heterocycles. The van der Waals surface area contributed by atoms with E-state index < -0.39 is 0 Å². The molecule has 2 N–H and O–H groups in total. The number of benzene rings is 1. The molecule has 6 nitrogen and oxygen atoms in total. The summed E-state index contributed by atoms with van der Waals surface area (Å²) in [5.41, 5.74) is 0.967. The van der Waals surface area contributed by atoms with Gasteiger partial charge in [0, 0.05) is 39.8 Å². The Bertz CT molecular complexity index is 562. The van der Waals surface area contributed by atoms with Crippen molar-refractivity contribution < 1.29 is 14.0 Å². The maximum Gasteiger partial charge on any atom is 0.322 e. The Morgan fingerprint density at radius 3 is 2.81 bits per heavy atom. The third kappa shape index (κ3) is 3.42. The van der Waals surface area contributed by atoms with Gasteiger partial charge in [0.25, 0.3) is 0 Å². The van der Waals surface area contributed by atoms with Crippen molar-refractivity contribution in [1.29, 1.82) is 0 Å². The number of rotatable bonds is 4. The highest BCUT2D eigenvalue weighted by Crippen LogP contribution is 2.25. The van der Waals surface area contributed by atoms with Crippen molar-refractivity contribution in [1.82, 2.24) is 10.6 Å². The zero-order valence-electron chi connectivity index (χ0n) is 12.3. The summed E-state index contributed by atoms with van der Waals surface area (Å²) >= 11 is 0. The van der Waals surface area contributed by atoms with E-state index in [1.165, 1.54) is 17.9 Å². The predicted octanol–water partition coefficient (Wildman–Crippen LogP) is 0.926. The zero-order chi connectivity index (χ0) is 15.6. The normalized spacial score (nSPS) is 17.6. The van der Waals surface area contributed by atoms with Gasteiger partial charge in [-0.15, -0.1) is 0 Å². The molecule has 114 valence electrons. The largest absolute Gasteiger partial charge is 0.375 e. The first-order chi connectivity index (χ1) is 9.88. The van der Waals surface area contributed by atoms with E-state index >= 15 is 0 Å². The molecule has 1 saturated heterocycles. The lowest BCUT2D eigenvalue weighted by atomic mass is 10.2. The Hall–Kier alpha value is -2.31. The minimum Gasteiger partial charge on any atom is -0.375 e. The first kappa shape index (κ1) is 15.1. The molecule has 1 atom stereocenters. The average molecular weight is 294 g/mol. The van der Waals surface area contributed by atoms with Crippen molar-refractivity contribution in [2.75, 3.05) is 37.0 Å². The van der Waals surface area contributed by atoms with Crippen molar-refractivity contribution >= 4 is 23.3 Å². The summed E-state index contributed by atoms with van der Waals surface area (Å²) in [4.78, 5) is 26.0. The molecule has 2 rings (SSSR count). The molecule has 1 aromatic carbocycles. The molecule has 0 bridgehead atoms. The van der Waals surface area contributed by atoms with E-state index in [9.17, 15) is 14.0 Å². The summed E-state index contributed by atoms with van der Waals surface area (Å²) in [6.45, 7) is 2.17. The summed E-state index contributed by atoms with van der Waals surface area (Å²) in [6.07, 6.45) is 0. The van der Waals surface area contributed by atoms with Crippen molar-refractivity contribution in [3.8, 4) is 0 Å². The minimum atomic E-state index is -0.379. The summed E-state index contributed by atoms with van der Waals surface area (Å²) in [5.74, 6) is -0.528. The van der Waals surface area contributed by atoms with Crippen LogP contribution in [0.1, 0.15) is 6.92 Å². The Kier molecular flexibility index (Phi) is 4.30. The Balaban J connectivity index is 2.10. The van der Waals surface area contributed by atoms with E-state index in [1.807, 2.05) is 0 Å². The third-order valence-corrected chi connectivity index (χ3v) is 3.30. The van der Waals surface area contributed by atoms with Gasteiger partial charge >= 0.3 is 6.03 Å². The standard InChI is InChI=1S/C14H19FN4O2/c1-9(20)16-7-10-8-19(14(21)17-10)11-4-5-13(18(2)3)12(15)6-11/h4-6,10H,7-8H2,1-3H3,(H,16,20)(H,17,21). The fourth-order valence-electron chi connectivity index (χ4n) is 2.23. The topological polar surface area (TPSA) is 64.7 Å². The quantitative estimate of drug-likeness (QED) is 0.868. The fraction of sp³-hybridized carbons (Fsp3) is 0.429. The molecule has 21 heavy (non-hydrogen) atoms. The molecule has 1 aromatic rings. The van der Waals surface area contributed by atoms with Crippen LogP contribution in [0.5, 0.6) is 0 Å². The van der Waals surface area contributed by atoms with Crippen LogP contribution < -0.4 is 20.4 Å². The number of hydrogen-bond donors (Lipinski definition) is 2. The van der Waals surface area contributed by atoms with Gasteiger partial charge in [-0.25, -0.2) is 9.18 Å². The van der Waals surface area contributed by atoms with Gasteiger partial charge in [0.15, 0.2) is 0 Å². The SMILES string of the molecule is CC(=O)NCC1CN(c2ccc(N(C)C)c(F)c2)C(=O)N1. The highest BCUT2D eigenvalue weighted by molar-refractivity contribution is 5.94. The Morgan fingerprint density at radius 1 is 1.52 bits per heavy atom. The lowest BCUT2D eigenvalue weighted by Crippen LogP contribution is -2.38. The Morgan fingerprint density at radius 2 is 2.24 bits per heavy atom. The van der Waals surface area contributed by atoms with Crippen molar-refractivity contribution in [3.63, 3.8) is 0 Å². The molecule has 1 fully saturated rings. The number of hydrogen-bond acceptors (Lipinski definition) is 3. The predicted molar refractivity (Wildman–Crippen MR) is 79.1 cm³/mol. The van der Waals surface area contributed by atoms with Gasteiger partial charge in [-0.2, -0.15) is 0 Å². The lowest BCUT2D eigenvalue weighted by Gasteiger charge is -2.18. The third-order valence-electron chi connectivity index (χ3n) is 3.30. The van der Waals surface area contributed by atoms with Crippen LogP contribution in [0.2, 0.25) is 0 Å². The van der Waals surface area contributed by atoms with Crippen molar-refractivity contribution in [2.45, 2.75) is 13.0 Å². The number of anilines is 2. The molecule has 1 aliphatic rings. The van der Waals surface area contributed by atoms with E-state index in [0.717, 1.165) is 0 Å². The first-order valence-corrected chi connectivity index (χ1v) is 6.68. The van der Waals surface area contributed by atoms with Crippen LogP contribution in [0, 0.1) is 5.82 Å². The van der Waals surface area contributed by atoms with Crippen LogP contribution in [0.25, 0.3) is 0 Å². The molecule has 0 aliphatic carbocycles. The van der Waals surface area contributed by atoms with E-state index in [-0.39, 0.29) is 23.8 Å². The highest BCUT2D eigenvalue weighted by atomic mass is 19.1. The smallest absolute Gasteiger partial charge is 0.322 e. The minimum absolute atomic E-state index is 0.149. The van der Waals surface area contributed by atoms with Gasteiger partial charge in [-0.1, -0.05) is 0 Å². The fourth-order valence-corrected chi connectivity index (χ4v) is 2.23. The second kappa shape index (κ2) is 5.99. The van der Waals surface area contributed by atoms with Crippen LogP contribution in [0.4, 0.5) is 20.6 Å². The van der Waals surface area contributed by atoms with E-state index in [4.69, 9.17) is 0 Å². The summed E-state index contributed by atoms with van der Waals surface area (Å²) < 4.78 is 14.0. The van der Waals surface area contributed by atoms with Crippen molar-refractivity contribution in [2.24, 2.45) is 0 Å². The maximum atomic E-state index is 14.0. The zero-order valence-corrected chi connectivity index (χ0v) is 12.3. The number of carbonyl (C=O) groups excluding carboxylic acids is 2. The first-order valence-electron chi connectivity index (χ1n) is 6.68. The molecule has 1 unspecified atom stereocenters. The van der Waals surface area contributed by atoms with Gasteiger partial charge < -0.3 is 15.5 Å². The van der Waals surface area contributed by atoms with Crippen LogP contribution in [-0.2, 0) is 4.79 Å². The van der Waals surface area contributed by atoms with Gasteiger partial charge in [0.1, 0.15) is 5.82 Å². The van der Waals surface area contributed by atoms with Gasteiger partial charge in [0.05, 0.1) is 11.7 Å². The van der Waals surface area contributed by atoms with Gasteiger partial charge in [-0.3, -0.25) is 9.69 Å². The molecule has 0 saturated carbocycles. The number of halogens is 1. The summed E-state index contributed by atoms with van der Waals surface area (Å²) in [5, 5.41) is 5.41. The molecular weight excluding hydrogens is 275 g/mol. The summed E-state index contributed by atoms with van der Waals surface area (Å²) in [6, 6.07) is 4.22. The van der Waals surface area contributed by atoms with Gasteiger partial charge in [0.2, 0.25) is 5.91 Å². The lowest BCUT2D eigenvalue weighted by molar-refractivity contribution is -0.119. The second-order valence-electron chi connectivity index (χ2n) is 5.22. The van der Waals surface area contributed by atoms with E-state index in [1.54, 1.807) is 31.1 Å². The van der Waals surface area contributed by atoms with Crippen LogP contribution >= 0.6 is 0 Å². The second-order valence-corrected chi connectivity index (χ2v) is 5.22. The number of urea groups is 1. The number of amides is 3. The number of nitrogens with zero attached hydrogens (tertiary/aromatic N) is 2. The average Bonchev–Trinajstić information content (AvgIpc) is 2.77. The van der Waals surface area contributed by atoms with Gasteiger partial charge in [-0.05, 0) is 18.2 Å². The van der Waals surface area contributed by atoms with Crippen LogP contribution in [-0.4, -0.2) is 45.2 Å².